The summed E-state index contributed by atoms with van der Waals surface area (Å²) in [5.74, 6) is -2.83. The van der Waals surface area contributed by atoms with Crippen molar-refractivity contribution in [2.75, 3.05) is 11.9 Å². The van der Waals surface area contributed by atoms with E-state index < -0.39 is 17.5 Å². The van der Waals surface area contributed by atoms with Crippen molar-refractivity contribution in [1.82, 2.24) is 0 Å². The Kier molecular flexibility index (Phi) is 4.65. The summed E-state index contributed by atoms with van der Waals surface area (Å²) in [5.41, 5.74) is -0.321. The molecule has 1 aromatic carbocycles. The third-order valence-electron chi connectivity index (χ3n) is 2.02. The normalized spacial score (nSPS) is 9.88. The summed E-state index contributed by atoms with van der Waals surface area (Å²) in [5, 5.41) is 10.8. The molecule has 0 radical (unpaired) electrons. The first kappa shape index (κ1) is 12.4. The average Bonchev–Trinajstić information content (AvgIpc) is 2.20. The van der Waals surface area contributed by atoms with Gasteiger partial charge in [-0.3, -0.25) is 0 Å². The van der Waals surface area contributed by atoms with Gasteiger partial charge in [-0.1, -0.05) is 0 Å². The first-order valence-electron chi connectivity index (χ1n) is 4.90. The standard InChI is InChI=1S/C11H11F3N2/c12-8-6-9(13)11(10(14)7-8)16-5-3-1-2-4-15/h6-7,16H,1-3,5H2. The zero-order valence-corrected chi connectivity index (χ0v) is 8.56. The average molecular weight is 228 g/mol. The first-order valence-corrected chi connectivity index (χ1v) is 4.90. The predicted octanol–water partition coefficient (Wildman–Crippen LogP) is 3.21. The molecule has 1 N–H and O–H groups in total. The zero-order chi connectivity index (χ0) is 12.0. The second kappa shape index (κ2) is 6.01. The van der Waals surface area contributed by atoms with Gasteiger partial charge in [0, 0.05) is 25.1 Å². The quantitative estimate of drug-likeness (QED) is 0.785. The minimum Gasteiger partial charge on any atom is -0.380 e. The number of hydrogen-bond donors (Lipinski definition) is 1. The third kappa shape index (κ3) is 3.46. The lowest BCUT2D eigenvalue weighted by molar-refractivity contribution is 0.546. The lowest BCUT2D eigenvalue weighted by Gasteiger charge is -2.08. The Morgan fingerprint density at radius 1 is 1.12 bits per heavy atom. The van der Waals surface area contributed by atoms with Crippen molar-refractivity contribution in [3.05, 3.63) is 29.6 Å². The van der Waals surface area contributed by atoms with E-state index in [9.17, 15) is 13.2 Å². The molecule has 2 nitrogen and oxygen atoms in total. The zero-order valence-electron chi connectivity index (χ0n) is 8.56. The molecule has 0 aliphatic carbocycles. The van der Waals surface area contributed by atoms with E-state index in [1.54, 1.807) is 0 Å². The van der Waals surface area contributed by atoms with E-state index >= 15 is 0 Å². The maximum atomic E-state index is 13.1. The van der Waals surface area contributed by atoms with Crippen molar-refractivity contribution >= 4 is 5.69 Å². The van der Waals surface area contributed by atoms with Gasteiger partial charge >= 0.3 is 0 Å². The van der Waals surface area contributed by atoms with Crippen molar-refractivity contribution in [2.45, 2.75) is 19.3 Å². The van der Waals surface area contributed by atoms with Gasteiger partial charge in [0.15, 0.2) is 11.6 Å². The van der Waals surface area contributed by atoms with Crippen LogP contribution in [0.2, 0.25) is 0 Å². The van der Waals surface area contributed by atoms with Gasteiger partial charge < -0.3 is 5.32 Å². The summed E-state index contributed by atoms with van der Waals surface area (Å²) in [6.07, 6.45) is 1.70. The number of rotatable bonds is 5. The Morgan fingerprint density at radius 3 is 2.31 bits per heavy atom. The van der Waals surface area contributed by atoms with Crippen LogP contribution in [0.1, 0.15) is 19.3 Å². The summed E-state index contributed by atoms with van der Waals surface area (Å²) in [6.45, 7) is 0.348. The minimum atomic E-state index is -0.946. The fourth-order valence-corrected chi connectivity index (χ4v) is 1.25. The largest absolute Gasteiger partial charge is 0.380 e. The molecule has 0 saturated heterocycles. The van der Waals surface area contributed by atoms with Crippen LogP contribution in [0.4, 0.5) is 18.9 Å². The van der Waals surface area contributed by atoms with Gasteiger partial charge in [-0.25, -0.2) is 13.2 Å². The van der Waals surface area contributed by atoms with Gasteiger partial charge in [0.05, 0.1) is 6.07 Å². The molecule has 86 valence electrons. The van der Waals surface area contributed by atoms with Crippen LogP contribution in [0.3, 0.4) is 0 Å². The van der Waals surface area contributed by atoms with Gasteiger partial charge in [-0.15, -0.1) is 0 Å². The Labute approximate surface area is 91.7 Å². The van der Waals surface area contributed by atoms with E-state index in [1.807, 2.05) is 6.07 Å². The molecule has 0 aliphatic heterocycles. The predicted molar refractivity (Wildman–Crippen MR) is 54.3 cm³/mol. The molecule has 0 aromatic heterocycles. The molecule has 0 aliphatic rings. The number of benzene rings is 1. The molecule has 16 heavy (non-hydrogen) atoms. The van der Waals surface area contributed by atoms with Crippen LogP contribution < -0.4 is 5.32 Å². The summed E-state index contributed by atoms with van der Waals surface area (Å²) in [7, 11) is 0. The lowest BCUT2D eigenvalue weighted by Crippen LogP contribution is -2.06. The number of nitrogens with zero attached hydrogens (tertiary/aromatic N) is 1. The number of hydrogen-bond acceptors (Lipinski definition) is 2. The highest BCUT2D eigenvalue weighted by atomic mass is 19.1. The van der Waals surface area contributed by atoms with Crippen LogP contribution in [0.25, 0.3) is 0 Å². The molecule has 0 spiro atoms. The van der Waals surface area contributed by atoms with Crippen LogP contribution in [-0.4, -0.2) is 6.54 Å². The molecule has 0 bridgehead atoms. The van der Waals surface area contributed by atoms with Gasteiger partial charge in [0.25, 0.3) is 0 Å². The summed E-state index contributed by atoms with van der Waals surface area (Å²) >= 11 is 0. The highest BCUT2D eigenvalue weighted by Gasteiger charge is 2.10. The molecular weight excluding hydrogens is 217 g/mol. The summed E-state index contributed by atoms with van der Waals surface area (Å²) < 4.78 is 38.7. The van der Waals surface area contributed by atoms with E-state index in [0.717, 1.165) is 0 Å². The maximum absolute atomic E-state index is 13.1. The van der Waals surface area contributed by atoms with Crippen molar-refractivity contribution in [3.63, 3.8) is 0 Å². The fourth-order valence-electron chi connectivity index (χ4n) is 1.25. The first-order chi connectivity index (χ1) is 7.65. The molecule has 0 fully saturated rings. The topological polar surface area (TPSA) is 35.8 Å². The van der Waals surface area contributed by atoms with Gasteiger partial charge in [-0.2, -0.15) is 5.26 Å². The Balaban J connectivity index is 2.51. The maximum Gasteiger partial charge on any atom is 0.152 e. The van der Waals surface area contributed by atoms with Gasteiger partial charge in [-0.05, 0) is 12.8 Å². The van der Waals surface area contributed by atoms with Crippen molar-refractivity contribution < 1.29 is 13.2 Å². The lowest BCUT2D eigenvalue weighted by atomic mass is 10.2. The Morgan fingerprint density at radius 2 is 1.75 bits per heavy atom. The van der Waals surface area contributed by atoms with Gasteiger partial charge in [0.2, 0.25) is 0 Å². The number of nitriles is 1. The van der Waals surface area contributed by atoms with E-state index in [2.05, 4.69) is 5.32 Å². The highest BCUT2D eigenvalue weighted by Crippen LogP contribution is 2.20. The summed E-state index contributed by atoms with van der Waals surface area (Å²) in [4.78, 5) is 0. The van der Waals surface area contributed by atoms with Crippen LogP contribution in [0.15, 0.2) is 12.1 Å². The van der Waals surface area contributed by atoms with E-state index in [0.29, 0.717) is 37.9 Å². The summed E-state index contributed by atoms with van der Waals surface area (Å²) in [6, 6.07) is 3.22. The molecule has 0 amide bonds. The molecule has 0 atom stereocenters. The molecular formula is C11H11F3N2. The fraction of sp³-hybridized carbons (Fsp3) is 0.364. The molecule has 0 saturated carbocycles. The number of halogens is 3. The Bertz CT molecular complexity index is 376. The highest BCUT2D eigenvalue weighted by molar-refractivity contribution is 5.46. The van der Waals surface area contributed by atoms with E-state index in [-0.39, 0.29) is 5.69 Å². The number of unbranched alkanes of at least 4 members (excludes halogenated alkanes) is 2. The second-order valence-electron chi connectivity index (χ2n) is 3.29. The van der Waals surface area contributed by atoms with Crippen LogP contribution >= 0.6 is 0 Å². The molecule has 1 aromatic rings. The van der Waals surface area contributed by atoms with E-state index in [1.165, 1.54) is 0 Å². The molecule has 5 heteroatoms. The SMILES string of the molecule is N#CCCCCNc1c(F)cc(F)cc1F. The second-order valence-corrected chi connectivity index (χ2v) is 3.29. The third-order valence-corrected chi connectivity index (χ3v) is 2.02. The van der Waals surface area contributed by atoms with Gasteiger partial charge in [0.1, 0.15) is 11.5 Å². The molecule has 0 unspecified atom stereocenters. The van der Waals surface area contributed by atoms with Crippen LogP contribution in [-0.2, 0) is 0 Å². The minimum absolute atomic E-state index is 0.321. The number of anilines is 1. The van der Waals surface area contributed by atoms with E-state index in [4.69, 9.17) is 5.26 Å². The van der Waals surface area contributed by atoms with Crippen molar-refractivity contribution in [1.29, 1.82) is 5.26 Å². The van der Waals surface area contributed by atoms with Crippen LogP contribution in [0, 0.1) is 28.8 Å². The Hall–Kier alpha value is -1.70. The molecule has 1 rings (SSSR count). The van der Waals surface area contributed by atoms with Crippen molar-refractivity contribution in [2.24, 2.45) is 0 Å². The van der Waals surface area contributed by atoms with Crippen molar-refractivity contribution in [3.8, 4) is 6.07 Å². The smallest absolute Gasteiger partial charge is 0.152 e. The van der Waals surface area contributed by atoms with Crippen LogP contribution in [0.5, 0.6) is 0 Å². The number of nitrogens with one attached hydrogen (secondary N) is 1. The molecule has 0 heterocycles. The monoisotopic (exact) mass is 228 g/mol.